The average Bonchev–Trinajstić information content (AvgIpc) is 3.30. The molecule has 120 valence electrons. The van der Waals surface area contributed by atoms with Crippen molar-refractivity contribution in [3.8, 4) is 11.6 Å². The molecule has 0 saturated heterocycles. The van der Waals surface area contributed by atoms with E-state index in [1.54, 1.807) is 22.9 Å². The number of hydrogen-bond donors (Lipinski definition) is 1. The number of rotatable bonds is 5. The third-order valence-electron chi connectivity index (χ3n) is 3.46. The molecular formula is C16H13N5O2S. The Balaban J connectivity index is 1.46. The Hall–Kier alpha value is -3.00. The van der Waals surface area contributed by atoms with Gasteiger partial charge < -0.3 is 9.73 Å². The van der Waals surface area contributed by atoms with Crippen LogP contribution in [0.4, 0.5) is 5.13 Å². The Morgan fingerprint density at radius 2 is 2.04 bits per heavy atom. The van der Waals surface area contributed by atoms with Gasteiger partial charge in [0, 0.05) is 6.42 Å². The quantitative estimate of drug-likeness (QED) is 0.604. The highest BCUT2D eigenvalue weighted by molar-refractivity contribution is 7.20. The Bertz CT molecular complexity index is 959. The van der Waals surface area contributed by atoms with Gasteiger partial charge in [-0.2, -0.15) is 4.52 Å². The van der Waals surface area contributed by atoms with Gasteiger partial charge in [-0.15, -0.1) is 15.3 Å². The standard InChI is InChI=1S/C16H13N5O2S/c22-13(9-8-11-5-2-1-3-6-11)17-15-20-21-14(12-7-4-10-23-12)18-19-16(21)24-15/h1-7,10H,8-9H2,(H,17,20,22). The number of furan rings is 1. The zero-order chi connectivity index (χ0) is 16.4. The molecule has 0 aliphatic heterocycles. The van der Waals surface area contributed by atoms with Crippen LogP contribution in [-0.4, -0.2) is 25.7 Å². The molecule has 4 aromatic rings. The fourth-order valence-corrected chi connectivity index (χ4v) is 3.07. The monoisotopic (exact) mass is 339 g/mol. The van der Waals surface area contributed by atoms with Crippen molar-refractivity contribution in [1.29, 1.82) is 0 Å². The molecule has 8 heteroatoms. The maximum absolute atomic E-state index is 12.1. The smallest absolute Gasteiger partial charge is 0.236 e. The molecule has 0 fully saturated rings. The lowest BCUT2D eigenvalue weighted by Gasteiger charge is -2.01. The zero-order valence-corrected chi connectivity index (χ0v) is 13.4. The third-order valence-corrected chi connectivity index (χ3v) is 4.28. The highest BCUT2D eigenvalue weighted by Gasteiger charge is 2.16. The molecule has 0 saturated carbocycles. The molecule has 0 aliphatic carbocycles. The second-order valence-electron chi connectivity index (χ2n) is 5.14. The van der Waals surface area contributed by atoms with Gasteiger partial charge in [0.2, 0.25) is 21.8 Å². The first-order chi connectivity index (χ1) is 11.8. The van der Waals surface area contributed by atoms with E-state index in [-0.39, 0.29) is 5.91 Å². The second-order valence-corrected chi connectivity index (χ2v) is 6.09. The lowest BCUT2D eigenvalue weighted by molar-refractivity contribution is -0.116. The Labute approximate surface area is 141 Å². The van der Waals surface area contributed by atoms with Crippen molar-refractivity contribution < 1.29 is 9.21 Å². The number of aryl methyl sites for hydroxylation is 1. The number of fused-ring (bicyclic) bond motifs is 1. The summed E-state index contributed by atoms with van der Waals surface area (Å²) in [5, 5.41) is 15.7. The van der Waals surface area contributed by atoms with Gasteiger partial charge in [-0.25, -0.2) is 0 Å². The van der Waals surface area contributed by atoms with E-state index in [1.807, 2.05) is 30.3 Å². The maximum atomic E-state index is 12.1. The molecule has 7 nitrogen and oxygen atoms in total. The second kappa shape index (κ2) is 6.25. The van der Waals surface area contributed by atoms with E-state index in [1.165, 1.54) is 11.3 Å². The van der Waals surface area contributed by atoms with Crippen LogP contribution in [0.5, 0.6) is 0 Å². The van der Waals surface area contributed by atoms with E-state index < -0.39 is 0 Å². The van der Waals surface area contributed by atoms with Gasteiger partial charge in [0.25, 0.3) is 0 Å². The van der Waals surface area contributed by atoms with Crippen LogP contribution in [0.25, 0.3) is 16.5 Å². The molecule has 3 aromatic heterocycles. The molecular weight excluding hydrogens is 326 g/mol. The van der Waals surface area contributed by atoms with Gasteiger partial charge in [-0.1, -0.05) is 41.7 Å². The van der Waals surface area contributed by atoms with Crippen molar-refractivity contribution in [2.24, 2.45) is 0 Å². The number of benzene rings is 1. The predicted octanol–water partition coefficient (Wildman–Crippen LogP) is 3.02. The highest BCUT2D eigenvalue weighted by atomic mass is 32.1. The summed E-state index contributed by atoms with van der Waals surface area (Å²) in [6.45, 7) is 0. The van der Waals surface area contributed by atoms with Crippen molar-refractivity contribution in [2.45, 2.75) is 12.8 Å². The molecule has 3 heterocycles. The van der Waals surface area contributed by atoms with E-state index in [4.69, 9.17) is 4.42 Å². The van der Waals surface area contributed by atoms with Gasteiger partial charge in [0.15, 0.2) is 5.76 Å². The molecule has 4 rings (SSSR count). The Morgan fingerprint density at radius 3 is 2.83 bits per heavy atom. The number of aromatic nitrogens is 4. The van der Waals surface area contributed by atoms with Crippen LogP contribution < -0.4 is 5.32 Å². The van der Waals surface area contributed by atoms with Crippen molar-refractivity contribution in [3.63, 3.8) is 0 Å². The Kier molecular flexibility index (Phi) is 3.80. The number of nitrogens with zero attached hydrogens (tertiary/aromatic N) is 4. The number of nitrogens with one attached hydrogen (secondary N) is 1. The lowest BCUT2D eigenvalue weighted by Crippen LogP contribution is -2.12. The summed E-state index contributed by atoms with van der Waals surface area (Å²) >= 11 is 1.27. The van der Waals surface area contributed by atoms with Crippen molar-refractivity contribution in [1.82, 2.24) is 19.8 Å². The summed E-state index contributed by atoms with van der Waals surface area (Å²) in [7, 11) is 0. The van der Waals surface area contributed by atoms with E-state index in [9.17, 15) is 4.79 Å². The first kappa shape index (κ1) is 14.6. The van der Waals surface area contributed by atoms with Gasteiger partial charge in [0.05, 0.1) is 6.26 Å². The number of amides is 1. The normalized spacial score (nSPS) is 11.0. The fourth-order valence-electron chi connectivity index (χ4n) is 2.31. The number of anilines is 1. The first-order valence-corrected chi connectivity index (χ1v) is 8.21. The van der Waals surface area contributed by atoms with E-state index >= 15 is 0 Å². The molecule has 0 radical (unpaired) electrons. The van der Waals surface area contributed by atoms with Crippen LogP contribution in [0.3, 0.4) is 0 Å². The summed E-state index contributed by atoms with van der Waals surface area (Å²) in [6, 6.07) is 13.5. The summed E-state index contributed by atoms with van der Waals surface area (Å²) in [6.07, 6.45) is 2.65. The molecule has 1 aromatic carbocycles. The van der Waals surface area contributed by atoms with Gasteiger partial charge in [0.1, 0.15) is 0 Å². The summed E-state index contributed by atoms with van der Waals surface area (Å²) < 4.78 is 6.88. The predicted molar refractivity (Wildman–Crippen MR) is 89.8 cm³/mol. The van der Waals surface area contributed by atoms with Crippen molar-refractivity contribution in [3.05, 3.63) is 54.3 Å². The van der Waals surface area contributed by atoms with Crippen LogP contribution >= 0.6 is 11.3 Å². The molecule has 0 bridgehead atoms. The Morgan fingerprint density at radius 1 is 1.17 bits per heavy atom. The number of carbonyl (C=O) groups excluding carboxylic acids is 1. The third kappa shape index (κ3) is 2.91. The lowest BCUT2D eigenvalue weighted by atomic mass is 10.1. The highest BCUT2D eigenvalue weighted by Crippen LogP contribution is 2.24. The van der Waals surface area contributed by atoms with E-state index in [0.29, 0.717) is 34.5 Å². The first-order valence-electron chi connectivity index (χ1n) is 7.39. The van der Waals surface area contributed by atoms with E-state index in [0.717, 1.165) is 5.56 Å². The van der Waals surface area contributed by atoms with Crippen LogP contribution in [0.15, 0.2) is 53.1 Å². The summed E-state index contributed by atoms with van der Waals surface area (Å²) in [5.74, 6) is 1.01. The molecule has 24 heavy (non-hydrogen) atoms. The average molecular weight is 339 g/mol. The van der Waals surface area contributed by atoms with Crippen molar-refractivity contribution >= 4 is 27.3 Å². The van der Waals surface area contributed by atoms with Crippen molar-refractivity contribution in [2.75, 3.05) is 5.32 Å². The SMILES string of the molecule is O=C(CCc1ccccc1)Nc1nn2c(-c3ccco3)nnc2s1. The van der Waals surface area contributed by atoms with E-state index in [2.05, 4.69) is 20.6 Å². The minimum Gasteiger partial charge on any atom is -0.461 e. The number of carbonyl (C=O) groups is 1. The molecule has 0 aliphatic rings. The summed E-state index contributed by atoms with van der Waals surface area (Å²) in [4.78, 5) is 12.7. The van der Waals surface area contributed by atoms with Crippen LogP contribution in [0.1, 0.15) is 12.0 Å². The maximum Gasteiger partial charge on any atom is 0.236 e. The van der Waals surface area contributed by atoms with Gasteiger partial charge in [-0.05, 0) is 24.1 Å². The van der Waals surface area contributed by atoms with Gasteiger partial charge >= 0.3 is 0 Å². The topological polar surface area (TPSA) is 85.3 Å². The molecule has 0 unspecified atom stereocenters. The molecule has 0 atom stereocenters. The fraction of sp³-hybridized carbons (Fsp3) is 0.125. The van der Waals surface area contributed by atoms with Gasteiger partial charge in [-0.3, -0.25) is 4.79 Å². The zero-order valence-electron chi connectivity index (χ0n) is 12.5. The largest absolute Gasteiger partial charge is 0.461 e. The number of hydrogen-bond acceptors (Lipinski definition) is 6. The van der Waals surface area contributed by atoms with Crippen LogP contribution in [0, 0.1) is 0 Å². The molecule has 0 spiro atoms. The van der Waals surface area contributed by atoms with Crippen LogP contribution in [0.2, 0.25) is 0 Å². The van der Waals surface area contributed by atoms with Crippen LogP contribution in [-0.2, 0) is 11.2 Å². The minimum atomic E-state index is -0.0802. The summed E-state index contributed by atoms with van der Waals surface area (Å²) in [5.41, 5.74) is 1.13. The molecule has 1 amide bonds. The minimum absolute atomic E-state index is 0.0802. The molecule has 1 N–H and O–H groups in total.